The highest BCUT2D eigenvalue weighted by atomic mass is 127. The summed E-state index contributed by atoms with van der Waals surface area (Å²) in [5, 5.41) is 6.80. The molecule has 1 unspecified atom stereocenters. The third-order valence-electron chi connectivity index (χ3n) is 5.29. The largest absolute Gasteiger partial charge is 0.356 e. The van der Waals surface area contributed by atoms with Crippen molar-refractivity contribution in [3.8, 4) is 0 Å². The summed E-state index contributed by atoms with van der Waals surface area (Å²) in [5.41, 5.74) is 1.07. The Hall–Kier alpha value is -1.38. The number of carbonyl (C=O) groups excluding carboxylic acids is 1. The number of nitrogens with zero attached hydrogens (tertiary/aromatic N) is 2. The smallest absolute Gasteiger partial charge is 0.222 e. The minimum atomic E-state index is -0.182. The molecule has 3 rings (SSSR count). The van der Waals surface area contributed by atoms with Crippen LogP contribution in [0.2, 0.25) is 0 Å². The van der Waals surface area contributed by atoms with Gasteiger partial charge in [-0.25, -0.2) is 4.39 Å². The summed E-state index contributed by atoms with van der Waals surface area (Å²) in [4.78, 5) is 18.0. The van der Waals surface area contributed by atoms with Crippen molar-refractivity contribution in [1.82, 2.24) is 15.5 Å². The molecule has 2 aliphatic rings. The van der Waals surface area contributed by atoms with Crippen molar-refractivity contribution in [3.05, 3.63) is 35.6 Å². The van der Waals surface area contributed by atoms with Crippen LogP contribution in [0.15, 0.2) is 29.3 Å². The van der Waals surface area contributed by atoms with Gasteiger partial charge in [-0.2, -0.15) is 0 Å². The van der Waals surface area contributed by atoms with Crippen molar-refractivity contribution in [3.63, 3.8) is 0 Å². The molecule has 0 bridgehead atoms. The number of hydrogen-bond donors (Lipinski definition) is 2. The van der Waals surface area contributed by atoms with Gasteiger partial charge in [0.1, 0.15) is 5.82 Å². The second-order valence-electron chi connectivity index (χ2n) is 7.04. The number of halogens is 2. The van der Waals surface area contributed by atoms with Crippen LogP contribution in [0.4, 0.5) is 4.39 Å². The molecular formula is C19H28FIN4O. The lowest BCUT2D eigenvalue weighted by Gasteiger charge is -2.22. The van der Waals surface area contributed by atoms with Crippen LogP contribution >= 0.6 is 24.0 Å². The third kappa shape index (κ3) is 4.86. The molecule has 1 atom stereocenters. The SMILES string of the molecule is CCC(=O)N1CCC(NC(=NC)NCC2(c3cccc(F)c3)CC2)C1.I. The summed E-state index contributed by atoms with van der Waals surface area (Å²) in [7, 11) is 1.75. The molecule has 144 valence electrons. The summed E-state index contributed by atoms with van der Waals surface area (Å²) in [6.45, 7) is 4.16. The highest BCUT2D eigenvalue weighted by Crippen LogP contribution is 2.47. The Labute approximate surface area is 171 Å². The second kappa shape index (κ2) is 9.01. The van der Waals surface area contributed by atoms with Gasteiger partial charge in [0.15, 0.2) is 5.96 Å². The molecule has 26 heavy (non-hydrogen) atoms. The fraction of sp³-hybridized carbons (Fsp3) is 0.579. The zero-order valence-electron chi connectivity index (χ0n) is 15.4. The van der Waals surface area contributed by atoms with Crippen molar-refractivity contribution in [2.75, 3.05) is 26.7 Å². The Balaban J connectivity index is 0.00000243. The fourth-order valence-corrected chi connectivity index (χ4v) is 3.51. The number of nitrogens with one attached hydrogen (secondary N) is 2. The predicted octanol–water partition coefficient (Wildman–Crippen LogP) is 2.65. The number of likely N-dealkylation sites (tertiary alicyclic amines) is 1. The van der Waals surface area contributed by atoms with Crippen LogP contribution in [0.5, 0.6) is 0 Å². The van der Waals surface area contributed by atoms with Crippen LogP contribution in [-0.4, -0.2) is 49.5 Å². The Kier molecular flexibility index (Phi) is 7.25. The highest BCUT2D eigenvalue weighted by molar-refractivity contribution is 14.0. The lowest BCUT2D eigenvalue weighted by Crippen LogP contribution is -2.47. The van der Waals surface area contributed by atoms with Gasteiger partial charge in [-0.15, -0.1) is 24.0 Å². The molecule has 1 saturated heterocycles. The van der Waals surface area contributed by atoms with E-state index in [2.05, 4.69) is 15.6 Å². The maximum absolute atomic E-state index is 13.5. The van der Waals surface area contributed by atoms with Crippen molar-refractivity contribution < 1.29 is 9.18 Å². The second-order valence-corrected chi connectivity index (χ2v) is 7.04. The van der Waals surface area contributed by atoms with Crippen LogP contribution in [-0.2, 0) is 10.2 Å². The van der Waals surface area contributed by atoms with E-state index in [1.165, 1.54) is 6.07 Å². The van der Waals surface area contributed by atoms with Crippen molar-refractivity contribution in [2.24, 2.45) is 4.99 Å². The quantitative estimate of drug-likeness (QED) is 0.392. The van der Waals surface area contributed by atoms with Crippen LogP contribution < -0.4 is 10.6 Å². The highest BCUT2D eigenvalue weighted by Gasteiger charge is 2.44. The topological polar surface area (TPSA) is 56.7 Å². The molecule has 2 fully saturated rings. The monoisotopic (exact) mass is 474 g/mol. The van der Waals surface area contributed by atoms with Crippen LogP contribution in [0, 0.1) is 5.82 Å². The van der Waals surface area contributed by atoms with Crippen LogP contribution in [0.25, 0.3) is 0 Å². The van der Waals surface area contributed by atoms with Crippen LogP contribution in [0.1, 0.15) is 38.2 Å². The van der Waals surface area contributed by atoms with E-state index in [4.69, 9.17) is 0 Å². The summed E-state index contributed by atoms with van der Waals surface area (Å²) >= 11 is 0. The van der Waals surface area contributed by atoms with Gasteiger partial charge in [-0.3, -0.25) is 9.79 Å². The number of carbonyl (C=O) groups is 1. The van der Waals surface area contributed by atoms with Gasteiger partial charge in [-0.1, -0.05) is 19.1 Å². The zero-order valence-corrected chi connectivity index (χ0v) is 17.8. The predicted molar refractivity (Wildman–Crippen MR) is 113 cm³/mol. The van der Waals surface area contributed by atoms with Crippen LogP contribution in [0.3, 0.4) is 0 Å². The van der Waals surface area contributed by atoms with Gasteiger partial charge in [0, 0.05) is 44.6 Å². The molecule has 1 amide bonds. The minimum Gasteiger partial charge on any atom is -0.356 e. The van der Waals surface area contributed by atoms with E-state index < -0.39 is 0 Å². The molecular weight excluding hydrogens is 446 g/mol. The average molecular weight is 474 g/mol. The minimum absolute atomic E-state index is 0. The van der Waals surface area contributed by atoms with E-state index in [9.17, 15) is 9.18 Å². The molecule has 7 heteroatoms. The van der Waals surface area contributed by atoms with Gasteiger partial charge in [-0.05, 0) is 37.0 Å². The van der Waals surface area contributed by atoms with E-state index in [-0.39, 0.29) is 47.2 Å². The molecule has 1 heterocycles. The van der Waals surface area contributed by atoms with E-state index >= 15 is 0 Å². The molecule has 1 aromatic carbocycles. The lowest BCUT2D eigenvalue weighted by atomic mass is 9.96. The number of benzene rings is 1. The Morgan fingerprint density at radius 2 is 2.19 bits per heavy atom. The summed E-state index contributed by atoms with van der Waals surface area (Å²) in [5.74, 6) is 0.770. The van der Waals surface area contributed by atoms with Gasteiger partial charge in [0.05, 0.1) is 0 Å². The Morgan fingerprint density at radius 3 is 2.81 bits per heavy atom. The van der Waals surface area contributed by atoms with E-state index in [0.29, 0.717) is 6.42 Å². The van der Waals surface area contributed by atoms with E-state index in [1.807, 2.05) is 17.9 Å². The maximum Gasteiger partial charge on any atom is 0.222 e. The molecule has 1 saturated carbocycles. The molecule has 1 aromatic rings. The number of amides is 1. The van der Waals surface area contributed by atoms with Gasteiger partial charge < -0.3 is 15.5 Å². The first-order valence-corrected chi connectivity index (χ1v) is 9.07. The average Bonchev–Trinajstić information content (AvgIpc) is 3.28. The van der Waals surface area contributed by atoms with Crippen molar-refractivity contribution >= 4 is 35.8 Å². The molecule has 1 aliphatic heterocycles. The van der Waals surface area contributed by atoms with Gasteiger partial charge in [0.25, 0.3) is 0 Å². The number of aliphatic imine (C=N–C) groups is 1. The molecule has 1 aliphatic carbocycles. The maximum atomic E-state index is 13.5. The first kappa shape index (κ1) is 20.9. The van der Waals surface area contributed by atoms with Crippen molar-refractivity contribution in [2.45, 2.75) is 44.1 Å². The van der Waals surface area contributed by atoms with Gasteiger partial charge >= 0.3 is 0 Å². The normalized spacial score (nSPS) is 21.1. The number of hydrogen-bond acceptors (Lipinski definition) is 2. The standard InChI is InChI=1S/C19H27FN4O.HI/c1-3-17(25)24-10-7-16(12-24)23-18(21-2)22-13-19(8-9-19)14-5-4-6-15(20)11-14;/h4-6,11,16H,3,7-10,12-13H2,1-2H3,(H2,21,22,23);1H. The summed E-state index contributed by atoms with van der Waals surface area (Å²) in [6.07, 6.45) is 3.60. The zero-order chi connectivity index (χ0) is 17.9. The number of rotatable bonds is 5. The summed E-state index contributed by atoms with van der Waals surface area (Å²) in [6, 6.07) is 7.12. The Bertz CT molecular complexity index is 663. The lowest BCUT2D eigenvalue weighted by molar-refractivity contribution is -0.129. The van der Waals surface area contributed by atoms with Crippen molar-refractivity contribution in [1.29, 1.82) is 0 Å². The van der Waals surface area contributed by atoms with E-state index in [1.54, 1.807) is 19.2 Å². The fourth-order valence-electron chi connectivity index (χ4n) is 3.51. The molecule has 5 nitrogen and oxygen atoms in total. The first-order valence-electron chi connectivity index (χ1n) is 9.07. The molecule has 0 aromatic heterocycles. The number of guanidine groups is 1. The third-order valence-corrected chi connectivity index (χ3v) is 5.29. The van der Waals surface area contributed by atoms with E-state index in [0.717, 1.165) is 50.4 Å². The molecule has 2 N–H and O–H groups in total. The molecule has 0 spiro atoms. The van der Waals surface area contributed by atoms with Gasteiger partial charge in [0.2, 0.25) is 5.91 Å². The Morgan fingerprint density at radius 1 is 1.42 bits per heavy atom. The first-order chi connectivity index (χ1) is 12.1. The molecule has 0 radical (unpaired) electrons. The summed E-state index contributed by atoms with van der Waals surface area (Å²) < 4.78 is 13.5.